The number of aromatic nitrogens is 2. The summed E-state index contributed by atoms with van der Waals surface area (Å²) in [7, 11) is 0. The van der Waals surface area contributed by atoms with Crippen LogP contribution >= 0.6 is 0 Å². The predicted octanol–water partition coefficient (Wildman–Crippen LogP) is 1.16. The van der Waals surface area contributed by atoms with Gasteiger partial charge >= 0.3 is 0 Å². The SMILES string of the molecule is NCc1cc2[nH]ncc2cc1F. The first-order valence-electron chi connectivity index (χ1n) is 3.63. The van der Waals surface area contributed by atoms with Gasteiger partial charge in [0.15, 0.2) is 0 Å². The highest BCUT2D eigenvalue weighted by molar-refractivity contribution is 5.78. The molecule has 12 heavy (non-hydrogen) atoms. The van der Waals surface area contributed by atoms with E-state index in [0.717, 1.165) is 10.9 Å². The van der Waals surface area contributed by atoms with Gasteiger partial charge in [-0.1, -0.05) is 0 Å². The molecule has 1 heterocycles. The van der Waals surface area contributed by atoms with Gasteiger partial charge in [0.25, 0.3) is 0 Å². The molecular weight excluding hydrogens is 157 g/mol. The lowest BCUT2D eigenvalue weighted by Crippen LogP contribution is -1.99. The third kappa shape index (κ3) is 0.967. The number of rotatable bonds is 1. The van der Waals surface area contributed by atoms with Crippen LogP contribution in [0.3, 0.4) is 0 Å². The highest BCUT2D eigenvalue weighted by atomic mass is 19.1. The van der Waals surface area contributed by atoms with E-state index in [2.05, 4.69) is 10.2 Å². The number of nitrogens with zero attached hydrogens (tertiary/aromatic N) is 1. The number of nitrogens with two attached hydrogens (primary N) is 1. The van der Waals surface area contributed by atoms with Crippen molar-refractivity contribution in [2.75, 3.05) is 0 Å². The summed E-state index contributed by atoms with van der Waals surface area (Å²) in [6.45, 7) is 0.209. The third-order valence-corrected chi connectivity index (χ3v) is 1.83. The average Bonchev–Trinajstić information content (AvgIpc) is 2.49. The Morgan fingerprint density at radius 2 is 2.33 bits per heavy atom. The molecule has 1 aromatic heterocycles. The Hall–Kier alpha value is -1.42. The molecule has 1 aromatic carbocycles. The minimum atomic E-state index is -0.272. The fraction of sp³-hybridized carbons (Fsp3) is 0.125. The second-order valence-corrected chi connectivity index (χ2v) is 2.60. The van der Waals surface area contributed by atoms with Crippen LogP contribution in [0.1, 0.15) is 5.56 Å². The molecule has 0 saturated carbocycles. The van der Waals surface area contributed by atoms with Gasteiger partial charge in [0.05, 0.1) is 11.7 Å². The Bertz CT molecular complexity index is 408. The van der Waals surface area contributed by atoms with Gasteiger partial charge in [-0.15, -0.1) is 0 Å². The van der Waals surface area contributed by atoms with E-state index in [0.29, 0.717) is 5.56 Å². The molecule has 3 nitrogen and oxygen atoms in total. The highest BCUT2D eigenvalue weighted by Gasteiger charge is 2.03. The van der Waals surface area contributed by atoms with E-state index in [1.165, 1.54) is 6.07 Å². The maximum Gasteiger partial charge on any atom is 0.128 e. The summed E-state index contributed by atoms with van der Waals surface area (Å²) >= 11 is 0. The molecule has 0 spiro atoms. The van der Waals surface area contributed by atoms with Crippen molar-refractivity contribution >= 4 is 10.9 Å². The molecule has 0 saturated heterocycles. The first-order valence-corrected chi connectivity index (χ1v) is 3.63. The Balaban J connectivity index is 2.73. The average molecular weight is 165 g/mol. The molecule has 0 bridgehead atoms. The molecule has 0 radical (unpaired) electrons. The Labute approximate surface area is 68.4 Å². The van der Waals surface area contributed by atoms with E-state index in [1.807, 2.05) is 0 Å². The van der Waals surface area contributed by atoms with Crippen LogP contribution in [0.25, 0.3) is 10.9 Å². The first kappa shape index (κ1) is 7.24. The van der Waals surface area contributed by atoms with E-state index in [1.54, 1.807) is 12.3 Å². The molecule has 2 aromatic rings. The van der Waals surface area contributed by atoms with Gasteiger partial charge in [0.2, 0.25) is 0 Å². The zero-order valence-corrected chi connectivity index (χ0v) is 6.34. The van der Waals surface area contributed by atoms with Crippen molar-refractivity contribution in [1.82, 2.24) is 10.2 Å². The number of hydrogen-bond donors (Lipinski definition) is 2. The first-order chi connectivity index (χ1) is 5.81. The summed E-state index contributed by atoms with van der Waals surface area (Å²) in [5.41, 5.74) is 6.66. The highest BCUT2D eigenvalue weighted by Crippen LogP contribution is 2.16. The van der Waals surface area contributed by atoms with Gasteiger partial charge in [-0.2, -0.15) is 5.10 Å². The lowest BCUT2D eigenvalue weighted by atomic mass is 10.1. The number of fused-ring (bicyclic) bond motifs is 1. The smallest absolute Gasteiger partial charge is 0.128 e. The summed E-state index contributed by atoms with van der Waals surface area (Å²) in [4.78, 5) is 0. The van der Waals surface area contributed by atoms with Crippen molar-refractivity contribution in [2.24, 2.45) is 5.73 Å². The minimum absolute atomic E-state index is 0.209. The number of benzene rings is 1. The zero-order chi connectivity index (χ0) is 8.55. The monoisotopic (exact) mass is 165 g/mol. The van der Waals surface area contributed by atoms with E-state index in [4.69, 9.17) is 5.73 Å². The van der Waals surface area contributed by atoms with Crippen molar-refractivity contribution in [3.05, 3.63) is 29.7 Å². The lowest BCUT2D eigenvalue weighted by Gasteiger charge is -1.98. The van der Waals surface area contributed by atoms with Gasteiger partial charge in [0, 0.05) is 17.5 Å². The number of nitrogens with one attached hydrogen (secondary N) is 1. The quantitative estimate of drug-likeness (QED) is 0.666. The molecule has 3 N–H and O–H groups in total. The molecule has 2 rings (SSSR count). The fourth-order valence-corrected chi connectivity index (χ4v) is 1.16. The van der Waals surface area contributed by atoms with Crippen LogP contribution in [0.4, 0.5) is 4.39 Å². The Morgan fingerprint density at radius 3 is 3.08 bits per heavy atom. The second-order valence-electron chi connectivity index (χ2n) is 2.60. The molecule has 0 fully saturated rings. The standard InChI is InChI=1S/C8H8FN3/c9-7-1-6-4-11-12-8(6)2-5(7)3-10/h1-2,4H,3,10H2,(H,11,12). The van der Waals surface area contributed by atoms with Crippen molar-refractivity contribution in [1.29, 1.82) is 0 Å². The second kappa shape index (κ2) is 2.57. The maximum atomic E-state index is 13.1. The zero-order valence-electron chi connectivity index (χ0n) is 6.34. The summed E-state index contributed by atoms with van der Waals surface area (Å²) in [5, 5.41) is 7.30. The largest absolute Gasteiger partial charge is 0.326 e. The summed E-state index contributed by atoms with van der Waals surface area (Å²) in [6, 6.07) is 3.11. The van der Waals surface area contributed by atoms with Crippen molar-refractivity contribution in [3.63, 3.8) is 0 Å². The van der Waals surface area contributed by atoms with Gasteiger partial charge < -0.3 is 5.73 Å². The van der Waals surface area contributed by atoms with Crippen LogP contribution in [0.2, 0.25) is 0 Å². The molecule has 4 heteroatoms. The van der Waals surface area contributed by atoms with Crippen LogP contribution in [-0.4, -0.2) is 10.2 Å². The minimum Gasteiger partial charge on any atom is -0.326 e. The third-order valence-electron chi connectivity index (χ3n) is 1.83. The number of hydrogen-bond acceptors (Lipinski definition) is 2. The van der Waals surface area contributed by atoms with Crippen LogP contribution < -0.4 is 5.73 Å². The summed E-state index contributed by atoms with van der Waals surface area (Å²) in [5.74, 6) is -0.272. The molecule has 62 valence electrons. The van der Waals surface area contributed by atoms with Crippen LogP contribution in [-0.2, 0) is 6.54 Å². The van der Waals surface area contributed by atoms with Crippen LogP contribution in [0, 0.1) is 5.82 Å². The number of halogens is 1. The number of H-pyrrole nitrogens is 1. The van der Waals surface area contributed by atoms with Crippen LogP contribution in [0.5, 0.6) is 0 Å². The predicted molar refractivity (Wildman–Crippen MR) is 43.9 cm³/mol. The van der Waals surface area contributed by atoms with Gasteiger partial charge in [0.1, 0.15) is 5.82 Å². The van der Waals surface area contributed by atoms with E-state index >= 15 is 0 Å². The van der Waals surface area contributed by atoms with E-state index in [-0.39, 0.29) is 12.4 Å². The molecule has 0 aliphatic carbocycles. The molecular formula is C8H8FN3. The Kier molecular flexibility index (Phi) is 1.55. The van der Waals surface area contributed by atoms with Gasteiger partial charge in [-0.3, -0.25) is 5.10 Å². The fourth-order valence-electron chi connectivity index (χ4n) is 1.16. The molecule has 0 aliphatic rings. The van der Waals surface area contributed by atoms with E-state index in [9.17, 15) is 4.39 Å². The van der Waals surface area contributed by atoms with Gasteiger partial charge in [-0.05, 0) is 12.1 Å². The lowest BCUT2D eigenvalue weighted by molar-refractivity contribution is 0.612. The molecule has 0 unspecified atom stereocenters. The van der Waals surface area contributed by atoms with Crippen molar-refractivity contribution < 1.29 is 4.39 Å². The molecule has 0 amide bonds. The molecule has 0 aliphatic heterocycles. The Morgan fingerprint density at radius 1 is 1.50 bits per heavy atom. The van der Waals surface area contributed by atoms with Crippen molar-refractivity contribution in [3.8, 4) is 0 Å². The van der Waals surface area contributed by atoms with Crippen LogP contribution in [0.15, 0.2) is 18.3 Å². The molecule has 0 atom stereocenters. The number of aromatic amines is 1. The van der Waals surface area contributed by atoms with Gasteiger partial charge in [-0.25, -0.2) is 4.39 Å². The summed E-state index contributed by atoms with van der Waals surface area (Å²) in [6.07, 6.45) is 1.58. The maximum absolute atomic E-state index is 13.1. The van der Waals surface area contributed by atoms with E-state index < -0.39 is 0 Å². The topological polar surface area (TPSA) is 54.7 Å². The summed E-state index contributed by atoms with van der Waals surface area (Å²) < 4.78 is 13.1. The normalized spacial score (nSPS) is 10.8. The van der Waals surface area contributed by atoms with Crippen molar-refractivity contribution in [2.45, 2.75) is 6.54 Å².